The van der Waals surface area contributed by atoms with Crippen molar-refractivity contribution in [3.8, 4) is 22.9 Å². The smallest absolute Gasteiger partial charge is 0.257 e. The van der Waals surface area contributed by atoms with Gasteiger partial charge in [0, 0.05) is 5.56 Å². The third kappa shape index (κ3) is 3.98. The molecular weight excluding hydrogens is 364 g/mol. The van der Waals surface area contributed by atoms with Gasteiger partial charge in [0.05, 0.1) is 24.3 Å². The van der Waals surface area contributed by atoms with Gasteiger partial charge in [-0.25, -0.2) is 0 Å². The number of tetrazole rings is 1. The predicted octanol–water partition coefficient (Wildman–Crippen LogP) is 3.15. The topological polar surface area (TPSA) is 91.8 Å². The quantitative estimate of drug-likeness (QED) is 0.483. The van der Waals surface area contributed by atoms with Crippen LogP contribution in [0.5, 0.6) is 5.75 Å². The number of aromatic nitrogens is 6. The molecule has 0 aliphatic rings. The highest BCUT2D eigenvalue weighted by atomic mass is 32.2. The SMILES string of the molecule is COc1ccc(-c2nc(CSCc3nnnn3-c3ccccc3)no2)cc1. The van der Waals surface area contributed by atoms with Crippen molar-refractivity contribution in [2.45, 2.75) is 11.5 Å². The van der Waals surface area contributed by atoms with Gasteiger partial charge in [-0.05, 0) is 46.8 Å². The molecule has 4 rings (SSSR count). The Bertz CT molecular complexity index is 1000. The Morgan fingerprint density at radius 3 is 2.63 bits per heavy atom. The molecule has 0 aliphatic heterocycles. The fraction of sp³-hybridized carbons (Fsp3) is 0.167. The van der Waals surface area contributed by atoms with E-state index in [0.29, 0.717) is 23.2 Å². The molecule has 8 nitrogen and oxygen atoms in total. The molecule has 0 aliphatic carbocycles. The maximum atomic E-state index is 5.34. The summed E-state index contributed by atoms with van der Waals surface area (Å²) in [6, 6.07) is 17.3. The Hall–Kier alpha value is -3.20. The highest BCUT2D eigenvalue weighted by Gasteiger charge is 2.11. The summed E-state index contributed by atoms with van der Waals surface area (Å²) in [6.07, 6.45) is 0. The van der Waals surface area contributed by atoms with Crippen molar-refractivity contribution in [3.63, 3.8) is 0 Å². The molecule has 2 aromatic carbocycles. The molecule has 0 atom stereocenters. The van der Waals surface area contributed by atoms with Gasteiger partial charge in [0.15, 0.2) is 11.6 Å². The fourth-order valence-corrected chi connectivity index (χ4v) is 3.23. The van der Waals surface area contributed by atoms with Crippen LogP contribution >= 0.6 is 11.8 Å². The summed E-state index contributed by atoms with van der Waals surface area (Å²) >= 11 is 1.62. The zero-order valence-corrected chi connectivity index (χ0v) is 15.3. The lowest BCUT2D eigenvalue weighted by Crippen LogP contribution is -2.02. The molecule has 0 saturated carbocycles. The van der Waals surface area contributed by atoms with E-state index in [1.165, 1.54) is 0 Å². The Balaban J connectivity index is 1.38. The molecule has 0 bridgehead atoms. The molecule has 2 aromatic heterocycles. The van der Waals surface area contributed by atoms with Crippen LogP contribution in [0.25, 0.3) is 17.1 Å². The van der Waals surface area contributed by atoms with Gasteiger partial charge in [0.2, 0.25) is 0 Å². The maximum Gasteiger partial charge on any atom is 0.257 e. The fourth-order valence-electron chi connectivity index (χ4n) is 2.46. The third-order valence-electron chi connectivity index (χ3n) is 3.80. The second-order valence-corrected chi connectivity index (χ2v) is 6.57. The van der Waals surface area contributed by atoms with Crippen LogP contribution < -0.4 is 4.74 Å². The van der Waals surface area contributed by atoms with E-state index in [0.717, 1.165) is 22.8 Å². The van der Waals surface area contributed by atoms with E-state index in [-0.39, 0.29) is 0 Å². The number of hydrogen-bond acceptors (Lipinski definition) is 8. The summed E-state index contributed by atoms with van der Waals surface area (Å²) in [5, 5.41) is 16.0. The first-order valence-corrected chi connectivity index (χ1v) is 9.36. The lowest BCUT2D eigenvalue weighted by Gasteiger charge is -2.03. The van der Waals surface area contributed by atoms with Crippen molar-refractivity contribution < 1.29 is 9.26 Å². The molecule has 0 spiro atoms. The van der Waals surface area contributed by atoms with Gasteiger partial charge in [0.1, 0.15) is 5.75 Å². The third-order valence-corrected chi connectivity index (χ3v) is 4.73. The average molecular weight is 380 g/mol. The van der Waals surface area contributed by atoms with E-state index in [4.69, 9.17) is 9.26 Å². The summed E-state index contributed by atoms with van der Waals surface area (Å²) in [6.45, 7) is 0. The summed E-state index contributed by atoms with van der Waals surface area (Å²) < 4.78 is 12.2. The van der Waals surface area contributed by atoms with Crippen molar-refractivity contribution in [2.75, 3.05) is 7.11 Å². The van der Waals surface area contributed by atoms with Crippen LogP contribution in [0.4, 0.5) is 0 Å². The van der Waals surface area contributed by atoms with Crippen LogP contribution in [0.1, 0.15) is 11.6 Å². The molecule has 136 valence electrons. The zero-order chi connectivity index (χ0) is 18.5. The lowest BCUT2D eigenvalue weighted by molar-refractivity contribution is 0.414. The minimum atomic E-state index is 0.488. The van der Waals surface area contributed by atoms with E-state index in [2.05, 4.69) is 25.7 Å². The van der Waals surface area contributed by atoms with E-state index < -0.39 is 0 Å². The van der Waals surface area contributed by atoms with Gasteiger partial charge in [-0.3, -0.25) is 0 Å². The van der Waals surface area contributed by atoms with E-state index in [1.54, 1.807) is 23.6 Å². The first-order chi connectivity index (χ1) is 13.3. The average Bonchev–Trinajstić information content (AvgIpc) is 3.39. The summed E-state index contributed by atoms with van der Waals surface area (Å²) in [4.78, 5) is 4.44. The number of benzene rings is 2. The predicted molar refractivity (Wildman–Crippen MR) is 100 cm³/mol. The number of nitrogens with zero attached hydrogens (tertiary/aromatic N) is 6. The van der Waals surface area contributed by atoms with Gasteiger partial charge in [-0.2, -0.15) is 9.67 Å². The van der Waals surface area contributed by atoms with Crippen LogP contribution in [0.2, 0.25) is 0 Å². The summed E-state index contributed by atoms with van der Waals surface area (Å²) in [7, 11) is 1.63. The van der Waals surface area contributed by atoms with Crippen LogP contribution in [0, 0.1) is 0 Å². The molecule has 0 amide bonds. The minimum Gasteiger partial charge on any atom is -0.497 e. The van der Waals surface area contributed by atoms with Crippen molar-refractivity contribution in [2.24, 2.45) is 0 Å². The number of para-hydroxylation sites is 1. The van der Waals surface area contributed by atoms with E-state index >= 15 is 0 Å². The van der Waals surface area contributed by atoms with E-state index in [9.17, 15) is 0 Å². The van der Waals surface area contributed by atoms with Crippen molar-refractivity contribution >= 4 is 11.8 Å². The first-order valence-electron chi connectivity index (χ1n) is 8.21. The lowest BCUT2D eigenvalue weighted by atomic mass is 10.2. The van der Waals surface area contributed by atoms with Crippen molar-refractivity contribution in [1.82, 2.24) is 30.3 Å². The minimum absolute atomic E-state index is 0.488. The normalized spacial score (nSPS) is 10.9. The van der Waals surface area contributed by atoms with E-state index in [1.807, 2.05) is 54.6 Å². The Kier molecular flexibility index (Phi) is 5.10. The number of rotatable bonds is 7. The maximum absolute atomic E-state index is 5.34. The Labute approximate surface area is 159 Å². The monoisotopic (exact) mass is 380 g/mol. The number of hydrogen-bond donors (Lipinski definition) is 0. The van der Waals surface area contributed by atoms with Crippen molar-refractivity contribution in [3.05, 3.63) is 66.2 Å². The molecule has 9 heteroatoms. The Morgan fingerprint density at radius 2 is 1.85 bits per heavy atom. The standard InChI is InChI=1S/C18H16N6O2S/c1-25-15-9-7-13(8-10-15)18-19-16(21-26-18)11-27-12-17-20-22-23-24(17)14-5-3-2-4-6-14/h2-10H,11-12H2,1H3. The van der Waals surface area contributed by atoms with Gasteiger partial charge in [-0.1, -0.05) is 23.4 Å². The zero-order valence-electron chi connectivity index (χ0n) is 14.5. The molecule has 0 saturated heterocycles. The van der Waals surface area contributed by atoms with Crippen LogP contribution in [0.3, 0.4) is 0 Å². The van der Waals surface area contributed by atoms with Gasteiger partial charge in [-0.15, -0.1) is 16.9 Å². The number of thioether (sulfide) groups is 1. The highest BCUT2D eigenvalue weighted by Crippen LogP contribution is 2.22. The highest BCUT2D eigenvalue weighted by molar-refractivity contribution is 7.97. The molecular formula is C18H16N6O2S. The second-order valence-electron chi connectivity index (χ2n) is 5.58. The molecule has 0 N–H and O–H groups in total. The van der Waals surface area contributed by atoms with Crippen molar-refractivity contribution in [1.29, 1.82) is 0 Å². The molecule has 2 heterocycles. The molecule has 0 radical (unpaired) electrons. The van der Waals surface area contributed by atoms with Crippen LogP contribution in [0.15, 0.2) is 59.1 Å². The van der Waals surface area contributed by atoms with Gasteiger partial charge in [0.25, 0.3) is 5.89 Å². The largest absolute Gasteiger partial charge is 0.497 e. The second kappa shape index (κ2) is 8.00. The van der Waals surface area contributed by atoms with Crippen LogP contribution in [-0.4, -0.2) is 37.5 Å². The molecule has 27 heavy (non-hydrogen) atoms. The summed E-state index contributed by atoms with van der Waals surface area (Å²) in [5.41, 5.74) is 1.78. The Morgan fingerprint density at radius 1 is 1.04 bits per heavy atom. The molecule has 0 fully saturated rings. The molecule has 4 aromatic rings. The molecule has 0 unspecified atom stereocenters. The number of methoxy groups -OCH3 is 1. The summed E-state index contributed by atoms with van der Waals surface area (Å²) in [5.74, 6) is 3.90. The first kappa shape index (κ1) is 17.2. The van der Waals surface area contributed by atoms with Gasteiger partial charge < -0.3 is 9.26 Å². The van der Waals surface area contributed by atoms with Crippen LogP contribution in [-0.2, 0) is 11.5 Å². The number of ether oxygens (including phenoxy) is 1. The van der Waals surface area contributed by atoms with Gasteiger partial charge >= 0.3 is 0 Å².